The third-order valence-electron chi connectivity index (χ3n) is 3.15. The summed E-state index contributed by atoms with van der Waals surface area (Å²) in [4.78, 5) is 1.08. The lowest BCUT2D eigenvalue weighted by Crippen LogP contribution is -2.42. The van der Waals surface area contributed by atoms with Crippen LogP contribution in [0.2, 0.25) is 0 Å². The van der Waals surface area contributed by atoms with Gasteiger partial charge < -0.3 is 5.32 Å². The molecule has 1 aromatic carbocycles. The normalized spacial score (nSPS) is 22.4. The lowest BCUT2D eigenvalue weighted by Gasteiger charge is -2.44. The number of hydrogen-bond donors (Lipinski definition) is 1. The quantitative estimate of drug-likeness (QED) is 0.703. The van der Waals surface area contributed by atoms with Gasteiger partial charge in [-0.1, -0.05) is 12.5 Å². The van der Waals surface area contributed by atoms with E-state index in [1.165, 1.54) is 25.3 Å². The molecule has 1 saturated carbocycles. The summed E-state index contributed by atoms with van der Waals surface area (Å²) in [7, 11) is 0. The monoisotopic (exact) mass is 209 g/mol. The molecule has 0 aromatic heterocycles. The Labute approximate surface area is 87.1 Å². The molecule has 1 aliphatic heterocycles. The molecule has 1 fully saturated rings. The zero-order chi connectivity index (χ0) is 9.60. The highest BCUT2D eigenvalue weighted by atomic mass is 32.2. The van der Waals surface area contributed by atoms with Crippen molar-refractivity contribution in [2.45, 2.75) is 28.9 Å². The maximum absolute atomic E-state index is 13.4. The van der Waals surface area contributed by atoms with E-state index < -0.39 is 0 Å². The fourth-order valence-corrected chi connectivity index (χ4v) is 3.65. The van der Waals surface area contributed by atoms with E-state index in [-0.39, 0.29) is 5.82 Å². The molecule has 1 heterocycles. The summed E-state index contributed by atoms with van der Waals surface area (Å²) in [6, 6.07) is 5.32. The molecule has 0 unspecified atom stereocenters. The average molecular weight is 209 g/mol. The SMILES string of the molecule is Fc1cccc2c1NCC1(CCC1)S2. The lowest BCUT2D eigenvalue weighted by atomic mass is 9.84. The molecular weight excluding hydrogens is 197 g/mol. The van der Waals surface area contributed by atoms with Gasteiger partial charge in [-0.05, 0) is 25.0 Å². The molecule has 1 N–H and O–H groups in total. The highest BCUT2D eigenvalue weighted by molar-refractivity contribution is 8.01. The van der Waals surface area contributed by atoms with Crippen molar-refractivity contribution in [2.24, 2.45) is 0 Å². The molecule has 0 amide bonds. The second kappa shape index (κ2) is 2.89. The Bertz CT molecular complexity index is 374. The summed E-state index contributed by atoms with van der Waals surface area (Å²) in [5.41, 5.74) is 0.704. The van der Waals surface area contributed by atoms with Gasteiger partial charge in [-0.15, -0.1) is 11.8 Å². The molecule has 0 saturated heterocycles. The molecule has 1 aromatic rings. The summed E-state index contributed by atoms with van der Waals surface area (Å²) in [5.74, 6) is -0.121. The van der Waals surface area contributed by atoms with Crippen LogP contribution in [0, 0.1) is 5.82 Å². The van der Waals surface area contributed by atoms with Crippen molar-refractivity contribution in [1.29, 1.82) is 0 Å². The maximum Gasteiger partial charge on any atom is 0.147 e. The van der Waals surface area contributed by atoms with E-state index in [4.69, 9.17) is 0 Å². The number of para-hydroxylation sites is 1. The summed E-state index contributed by atoms with van der Waals surface area (Å²) in [5, 5.41) is 3.23. The summed E-state index contributed by atoms with van der Waals surface area (Å²) >= 11 is 1.86. The molecule has 3 rings (SSSR count). The number of fused-ring (bicyclic) bond motifs is 1. The van der Waals surface area contributed by atoms with E-state index in [0.29, 0.717) is 10.4 Å². The van der Waals surface area contributed by atoms with Gasteiger partial charge in [-0.3, -0.25) is 0 Å². The number of thioether (sulfide) groups is 1. The van der Waals surface area contributed by atoms with Gasteiger partial charge in [0.05, 0.1) is 5.69 Å². The van der Waals surface area contributed by atoms with Crippen molar-refractivity contribution in [1.82, 2.24) is 0 Å². The minimum absolute atomic E-state index is 0.121. The topological polar surface area (TPSA) is 12.0 Å². The van der Waals surface area contributed by atoms with Crippen LogP contribution in [0.5, 0.6) is 0 Å². The van der Waals surface area contributed by atoms with Crippen molar-refractivity contribution in [3.63, 3.8) is 0 Å². The smallest absolute Gasteiger partial charge is 0.147 e. The molecule has 0 atom stereocenters. The largest absolute Gasteiger partial charge is 0.380 e. The van der Waals surface area contributed by atoms with Gasteiger partial charge in [-0.2, -0.15) is 0 Å². The van der Waals surface area contributed by atoms with Crippen LogP contribution < -0.4 is 5.32 Å². The predicted octanol–water partition coefficient (Wildman–Crippen LogP) is 3.27. The molecule has 0 bridgehead atoms. The minimum Gasteiger partial charge on any atom is -0.380 e. The molecule has 3 heteroatoms. The maximum atomic E-state index is 13.4. The van der Waals surface area contributed by atoms with Crippen LogP contribution in [-0.4, -0.2) is 11.3 Å². The zero-order valence-corrected chi connectivity index (χ0v) is 8.66. The van der Waals surface area contributed by atoms with Crippen LogP contribution in [0.4, 0.5) is 10.1 Å². The summed E-state index contributed by atoms with van der Waals surface area (Å²) in [6.07, 6.45) is 3.85. The fourth-order valence-electron chi connectivity index (χ4n) is 2.13. The van der Waals surface area contributed by atoms with E-state index in [2.05, 4.69) is 5.32 Å². The van der Waals surface area contributed by atoms with Crippen molar-refractivity contribution in [3.8, 4) is 0 Å². The molecule has 0 radical (unpaired) electrons. The summed E-state index contributed by atoms with van der Waals surface area (Å²) < 4.78 is 13.7. The lowest BCUT2D eigenvalue weighted by molar-refractivity contribution is 0.375. The zero-order valence-electron chi connectivity index (χ0n) is 7.85. The highest BCUT2D eigenvalue weighted by Crippen LogP contribution is 2.52. The van der Waals surface area contributed by atoms with E-state index in [0.717, 1.165) is 11.4 Å². The Morgan fingerprint density at radius 2 is 2.21 bits per heavy atom. The van der Waals surface area contributed by atoms with Gasteiger partial charge in [-0.25, -0.2) is 4.39 Å². The van der Waals surface area contributed by atoms with Gasteiger partial charge in [0.15, 0.2) is 0 Å². The number of anilines is 1. The van der Waals surface area contributed by atoms with E-state index in [1.807, 2.05) is 17.8 Å². The molecule has 14 heavy (non-hydrogen) atoms. The first-order valence-electron chi connectivity index (χ1n) is 5.01. The first-order chi connectivity index (χ1) is 6.79. The second-order valence-corrected chi connectivity index (χ2v) is 5.62. The Morgan fingerprint density at radius 3 is 2.93 bits per heavy atom. The minimum atomic E-state index is -0.121. The van der Waals surface area contributed by atoms with Gasteiger partial charge in [0, 0.05) is 16.2 Å². The van der Waals surface area contributed by atoms with E-state index in [9.17, 15) is 4.39 Å². The molecular formula is C11H12FNS. The highest BCUT2D eigenvalue weighted by Gasteiger charge is 2.41. The van der Waals surface area contributed by atoms with Crippen LogP contribution in [0.1, 0.15) is 19.3 Å². The second-order valence-electron chi connectivity index (χ2n) is 4.11. The standard InChI is InChI=1S/C11H12FNS/c12-8-3-1-4-9-10(8)13-7-11(14-9)5-2-6-11/h1,3-4,13H,2,5-7H2. The van der Waals surface area contributed by atoms with Gasteiger partial charge in [0.1, 0.15) is 5.82 Å². The Balaban J connectivity index is 1.98. The van der Waals surface area contributed by atoms with Gasteiger partial charge in [0.25, 0.3) is 0 Å². The third kappa shape index (κ3) is 1.15. The first kappa shape index (κ1) is 8.60. The predicted molar refractivity (Wildman–Crippen MR) is 57.3 cm³/mol. The van der Waals surface area contributed by atoms with E-state index >= 15 is 0 Å². The number of benzene rings is 1. The number of halogens is 1. The number of hydrogen-bond acceptors (Lipinski definition) is 2. The van der Waals surface area contributed by atoms with Crippen molar-refractivity contribution in [3.05, 3.63) is 24.0 Å². The molecule has 1 nitrogen and oxygen atoms in total. The van der Waals surface area contributed by atoms with Crippen LogP contribution in [0.3, 0.4) is 0 Å². The van der Waals surface area contributed by atoms with Gasteiger partial charge >= 0.3 is 0 Å². The Morgan fingerprint density at radius 1 is 1.36 bits per heavy atom. The van der Waals surface area contributed by atoms with Crippen LogP contribution in [0.15, 0.2) is 23.1 Å². The van der Waals surface area contributed by atoms with E-state index in [1.54, 1.807) is 6.07 Å². The summed E-state index contributed by atoms with van der Waals surface area (Å²) in [6.45, 7) is 0.922. The number of rotatable bonds is 0. The number of nitrogens with one attached hydrogen (secondary N) is 1. The molecule has 1 aliphatic carbocycles. The van der Waals surface area contributed by atoms with Crippen LogP contribution >= 0.6 is 11.8 Å². The van der Waals surface area contributed by atoms with Crippen LogP contribution in [0.25, 0.3) is 0 Å². The fraction of sp³-hybridized carbons (Fsp3) is 0.455. The molecule has 2 aliphatic rings. The Kier molecular flexibility index (Phi) is 1.78. The van der Waals surface area contributed by atoms with Gasteiger partial charge in [0.2, 0.25) is 0 Å². The Hall–Kier alpha value is -0.700. The van der Waals surface area contributed by atoms with Crippen molar-refractivity contribution >= 4 is 17.4 Å². The van der Waals surface area contributed by atoms with Crippen molar-refractivity contribution < 1.29 is 4.39 Å². The average Bonchev–Trinajstić information content (AvgIpc) is 2.15. The third-order valence-corrected chi connectivity index (χ3v) is 4.70. The molecule has 74 valence electrons. The molecule has 1 spiro atoms. The van der Waals surface area contributed by atoms with Crippen LogP contribution in [-0.2, 0) is 0 Å². The first-order valence-corrected chi connectivity index (χ1v) is 5.82. The van der Waals surface area contributed by atoms with Crippen molar-refractivity contribution in [2.75, 3.05) is 11.9 Å².